The first-order valence-corrected chi connectivity index (χ1v) is 9.55. The van der Waals surface area contributed by atoms with E-state index in [0.717, 1.165) is 42.0 Å². The van der Waals surface area contributed by atoms with Crippen LogP contribution in [0.15, 0.2) is 53.7 Å². The Morgan fingerprint density at radius 2 is 1.85 bits per heavy atom. The van der Waals surface area contributed by atoms with Crippen LogP contribution in [0.1, 0.15) is 51.1 Å². The quantitative estimate of drug-likeness (QED) is 0.556. The van der Waals surface area contributed by atoms with Gasteiger partial charge in [0.05, 0.1) is 18.2 Å². The number of urea groups is 1. The lowest BCUT2D eigenvalue weighted by Crippen LogP contribution is -2.45. The molecule has 0 spiro atoms. The minimum atomic E-state index is -0.534. The summed E-state index contributed by atoms with van der Waals surface area (Å²) in [5.41, 5.74) is 1.89. The number of esters is 1. The Balaban J connectivity index is 1.89. The number of allylic oxidation sites excluding steroid dienone is 1. The molecule has 0 saturated carbocycles. The zero-order valence-electron chi connectivity index (χ0n) is 15.9. The van der Waals surface area contributed by atoms with Gasteiger partial charge in [0.25, 0.3) is 0 Å². The maximum Gasteiger partial charge on any atom is 0.338 e. The van der Waals surface area contributed by atoms with Gasteiger partial charge in [-0.05, 0) is 29.7 Å². The zero-order chi connectivity index (χ0) is 19.2. The van der Waals surface area contributed by atoms with E-state index in [1.54, 1.807) is 6.92 Å². The van der Waals surface area contributed by atoms with Gasteiger partial charge in [0, 0.05) is 5.70 Å². The molecule has 5 heteroatoms. The molecular weight excluding hydrogens is 340 g/mol. The van der Waals surface area contributed by atoms with Gasteiger partial charge in [0.15, 0.2) is 0 Å². The second-order valence-corrected chi connectivity index (χ2v) is 6.84. The Kier molecular flexibility index (Phi) is 6.12. The summed E-state index contributed by atoms with van der Waals surface area (Å²) in [5, 5.41) is 7.66. The molecule has 3 rings (SSSR count). The van der Waals surface area contributed by atoms with Gasteiger partial charge in [-0.15, -0.1) is 0 Å². The highest BCUT2D eigenvalue weighted by atomic mass is 16.5. The smallest absolute Gasteiger partial charge is 0.338 e. The maximum absolute atomic E-state index is 12.8. The fourth-order valence-corrected chi connectivity index (χ4v) is 3.47. The Labute approximate surface area is 159 Å². The molecule has 142 valence electrons. The average Bonchev–Trinajstić information content (AvgIpc) is 2.66. The molecule has 0 fully saturated rings. The van der Waals surface area contributed by atoms with Crippen molar-refractivity contribution in [3.8, 4) is 0 Å². The van der Waals surface area contributed by atoms with Crippen molar-refractivity contribution in [2.24, 2.45) is 0 Å². The van der Waals surface area contributed by atoms with Crippen LogP contribution >= 0.6 is 0 Å². The molecule has 0 radical (unpaired) electrons. The van der Waals surface area contributed by atoms with E-state index in [2.05, 4.69) is 17.6 Å². The molecule has 0 unspecified atom stereocenters. The number of carbonyl (C=O) groups excluding carboxylic acids is 2. The topological polar surface area (TPSA) is 67.4 Å². The van der Waals surface area contributed by atoms with Crippen LogP contribution in [0.25, 0.3) is 10.8 Å². The average molecular weight is 366 g/mol. The SMILES string of the molecule is CCCCCCOC(=O)C1=C(C)NC(=O)N[C@@H]1c1cccc2ccccc12. The molecule has 2 amide bonds. The predicted molar refractivity (Wildman–Crippen MR) is 106 cm³/mol. The van der Waals surface area contributed by atoms with Crippen molar-refractivity contribution in [1.82, 2.24) is 10.6 Å². The normalized spacial score (nSPS) is 16.8. The third-order valence-electron chi connectivity index (χ3n) is 4.85. The third-order valence-corrected chi connectivity index (χ3v) is 4.85. The van der Waals surface area contributed by atoms with E-state index in [1.807, 2.05) is 42.5 Å². The molecule has 2 aromatic rings. The zero-order valence-corrected chi connectivity index (χ0v) is 15.9. The van der Waals surface area contributed by atoms with E-state index in [-0.39, 0.29) is 12.0 Å². The van der Waals surface area contributed by atoms with E-state index in [4.69, 9.17) is 4.74 Å². The number of unbranched alkanes of at least 4 members (excludes halogenated alkanes) is 3. The largest absolute Gasteiger partial charge is 0.462 e. The van der Waals surface area contributed by atoms with Crippen molar-refractivity contribution in [2.75, 3.05) is 6.61 Å². The lowest BCUT2D eigenvalue weighted by molar-refractivity contribution is -0.139. The summed E-state index contributed by atoms with van der Waals surface area (Å²) in [6, 6.07) is 13.0. The first-order valence-electron chi connectivity index (χ1n) is 9.55. The van der Waals surface area contributed by atoms with Gasteiger partial charge in [0.1, 0.15) is 0 Å². The highest BCUT2D eigenvalue weighted by molar-refractivity contribution is 5.97. The molecule has 0 saturated heterocycles. The van der Waals surface area contributed by atoms with Crippen LogP contribution in [0.3, 0.4) is 0 Å². The van der Waals surface area contributed by atoms with Gasteiger partial charge in [-0.1, -0.05) is 68.7 Å². The lowest BCUT2D eigenvalue weighted by atomic mass is 9.91. The van der Waals surface area contributed by atoms with Gasteiger partial charge >= 0.3 is 12.0 Å². The second-order valence-electron chi connectivity index (χ2n) is 6.84. The first-order chi connectivity index (χ1) is 13.1. The van der Waals surface area contributed by atoms with Crippen LogP contribution < -0.4 is 10.6 Å². The summed E-state index contributed by atoms with van der Waals surface area (Å²) in [5.74, 6) is -0.380. The number of amides is 2. The number of carbonyl (C=O) groups is 2. The monoisotopic (exact) mass is 366 g/mol. The Hall–Kier alpha value is -2.82. The Morgan fingerprint density at radius 3 is 2.67 bits per heavy atom. The summed E-state index contributed by atoms with van der Waals surface area (Å²) < 4.78 is 5.51. The summed E-state index contributed by atoms with van der Waals surface area (Å²) in [4.78, 5) is 24.9. The van der Waals surface area contributed by atoms with Crippen LogP contribution in [0.4, 0.5) is 4.79 Å². The maximum atomic E-state index is 12.8. The van der Waals surface area contributed by atoms with Crippen LogP contribution in [0.2, 0.25) is 0 Å². The van der Waals surface area contributed by atoms with Crippen LogP contribution in [0, 0.1) is 0 Å². The van der Waals surface area contributed by atoms with Gasteiger partial charge in [-0.3, -0.25) is 0 Å². The van der Waals surface area contributed by atoms with Crippen molar-refractivity contribution >= 4 is 22.8 Å². The van der Waals surface area contributed by atoms with Crippen molar-refractivity contribution < 1.29 is 14.3 Å². The van der Waals surface area contributed by atoms with E-state index < -0.39 is 6.04 Å². The predicted octanol–water partition coefficient (Wildman–Crippen LogP) is 4.59. The molecule has 1 aliphatic heterocycles. The summed E-state index contributed by atoms with van der Waals surface area (Å²) in [7, 11) is 0. The fraction of sp³-hybridized carbons (Fsp3) is 0.364. The molecule has 1 aliphatic rings. The Morgan fingerprint density at radius 1 is 1.07 bits per heavy atom. The molecule has 0 bridgehead atoms. The molecule has 1 heterocycles. The Bertz CT molecular complexity index is 867. The molecule has 2 aromatic carbocycles. The molecule has 27 heavy (non-hydrogen) atoms. The molecule has 2 N–H and O–H groups in total. The van der Waals surface area contributed by atoms with Gasteiger partial charge in [-0.2, -0.15) is 0 Å². The highest BCUT2D eigenvalue weighted by Crippen LogP contribution is 2.32. The minimum absolute atomic E-state index is 0.315. The third kappa shape index (κ3) is 4.30. The fourth-order valence-electron chi connectivity index (χ4n) is 3.47. The van der Waals surface area contributed by atoms with Crippen LogP contribution in [-0.2, 0) is 9.53 Å². The van der Waals surface area contributed by atoms with Gasteiger partial charge in [0.2, 0.25) is 0 Å². The summed E-state index contributed by atoms with van der Waals surface area (Å²) in [6.45, 7) is 4.28. The number of rotatable bonds is 7. The van der Waals surface area contributed by atoms with Crippen molar-refractivity contribution in [3.63, 3.8) is 0 Å². The van der Waals surface area contributed by atoms with Gasteiger partial charge in [-0.25, -0.2) is 9.59 Å². The van der Waals surface area contributed by atoms with Crippen molar-refractivity contribution in [2.45, 2.75) is 45.6 Å². The van der Waals surface area contributed by atoms with Crippen LogP contribution in [-0.4, -0.2) is 18.6 Å². The molecule has 0 aliphatic carbocycles. The first kappa shape index (κ1) is 19.0. The lowest BCUT2D eigenvalue weighted by Gasteiger charge is -2.29. The van der Waals surface area contributed by atoms with Crippen molar-refractivity contribution in [1.29, 1.82) is 0 Å². The molecular formula is C22H26N2O3. The number of benzene rings is 2. The van der Waals surface area contributed by atoms with E-state index in [9.17, 15) is 9.59 Å². The number of nitrogens with one attached hydrogen (secondary N) is 2. The van der Waals surface area contributed by atoms with E-state index >= 15 is 0 Å². The minimum Gasteiger partial charge on any atom is -0.462 e. The van der Waals surface area contributed by atoms with Crippen molar-refractivity contribution in [3.05, 3.63) is 59.3 Å². The van der Waals surface area contributed by atoms with Gasteiger partial charge < -0.3 is 15.4 Å². The van der Waals surface area contributed by atoms with Crippen LogP contribution in [0.5, 0.6) is 0 Å². The second kappa shape index (κ2) is 8.71. The summed E-state index contributed by atoms with van der Waals surface area (Å²) >= 11 is 0. The van der Waals surface area contributed by atoms with E-state index in [1.165, 1.54) is 0 Å². The standard InChI is InChI=1S/C22H26N2O3/c1-3-4-5-8-14-27-21(25)19-15(2)23-22(26)24-20(19)18-13-9-11-16-10-6-7-12-17(16)18/h6-7,9-13,20H,3-5,8,14H2,1-2H3,(H2,23,24,26)/t20-/m1/s1. The number of ether oxygens (including phenoxy) is 1. The number of fused-ring (bicyclic) bond motifs is 1. The van der Waals surface area contributed by atoms with E-state index in [0.29, 0.717) is 17.9 Å². The summed E-state index contributed by atoms with van der Waals surface area (Å²) in [6.07, 6.45) is 4.17. The number of hydrogen-bond donors (Lipinski definition) is 2. The molecule has 0 aromatic heterocycles. The number of hydrogen-bond acceptors (Lipinski definition) is 3. The highest BCUT2D eigenvalue weighted by Gasteiger charge is 2.32. The molecule has 5 nitrogen and oxygen atoms in total. The molecule has 1 atom stereocenters.